The van der Waals surface area contributed by atoms with Crippen molar-refractivity contribution in [1.82, 2.24) is 0 Å². The smallest absolute Gasteiger partial charge is 0.295 e. The molecule has 5 heteroatoms. The third-order valence-electron chi connectivity index (χ3n) is 1.52. The predicted molar refractivity (Wildman–Crippen MR) is 44.7 cm³/mol. The molecule has 0 spiro atoms. The Morgan fingerprint density at radius 2 is 2.00 bits per heavy atom. The molecule has 0 saturated heterocycles. The largest absolute Gasteiger partial charge is 0.332 e. The van der Waals surface area contributed by atoms with Crippen molar-refractivity contribution in [3.05, 3.63) is 29.8 Å². The van der Waals surface area contributed by atoms with Crippen LogP contribution in [-0.2, 0) is 10.2 Å². The normalized spacial score (nSPS) is 11.2. The van der Waals surface area contributed by atoms with Crippen molar-refractivity contribution in [2.75, 3.05) is 0 Å². The van der Waals surface area contributed by atoms with Crippen LogP contribution in [0.1, 0.15) is 17.3 Å². The fourth-order valence-electron chi connectivity index (χ4n) is 0.867. The van der Waals surface area contributed by atoms with Crippen LogP contribution in [0.15, 0.2) is 29.2 Å². The van der Waals surface area contributed by atoms with Crippen molar-refractivity contribution in [1.29, 1.82) is 0 Å². The first-order valence-corrected chi connectivity index (χ1v) is 4.85. The summed E-state index contributed by atoms with van der Waals surface area (Å²) >= 11 is 0. The van der Waals surface area contributed by atoms with Crippen LogP contribution < -0.4 is 0 Å². The van der Waals surface area contributed by atoms with E-state index in [2.05, 4.69) is 0 Å². The fraction of sp³-hybridized carbons (Fsp3) is 0.125. The number of hydrogen-bond acceptors (Lipinski definition) is 3. The van der Waals surface area contributed by atoms with Gasteiger partial charge in [-0.05, 0) is 19.1 Å². The highest BCUT2D eigenvalue weighted by Gasteiger charge is 2.12. The molecule has 0 aliphatic carbocycles. The minimum atomic E-state index is -4.71. The molecule has 0 fully saturated rings. The first kappa shape index (κ1) is 9.85. The first-order chi connectivity index (χ1) is 5.91. The minimum absolute atomic E-state index is 0.179. The number of carbonyl (C=O) groups is 1. The van der Waals surface area contributed by atoms with Gasteiger partial charge in [0.2, 0.25) is 0 Å². The lowest BCUT2D eigenvalue weighted by Crippen LogP contribution is -1.96. The lowest BCUT2D eigenvalue weighted by molar-refractivity contribution is 0.101. The summed E-state index contributed by atoms with van der Waals surface area (Å²) in [5, 5.41) is 0. The van der Waals surface area contributed by atoms with E-state index >= 15 is 0 Å². The fourth-order valence-corrected chi connectivity index (χ4v) is 1.38. The molecular formula is C8H7FO3S. The third kappa shape index (κ3) is 2.35. The number of halogens is 1. The van der Waals surface area contributed by atoms with Crippen molar-refractivity contribution >= 4 is 16.0 Å². The van der Waals surface area contributed by atoms with E-state index in [1.807, 2.05) is 0 Å². The molecule has 0 atom stereocenters. The minimum Gasteiger partial charge on any atom is -0.295 e. The molecule has 0 saturated carbocycles. The van der Waals surface area contributed by atoms with E-state index in [9.17, 15) is 17.1 Å². The van der Waals surface area contributed by atoms with Gasteiger partial charge in [0.05, 0.1) is 4.90 Å². The van der Waals surface area contributed by atoms with E-state index in [4.69, 9.17) is 0 Å². The molecular weight excluding hydrogens is 195 g/mol. The first-order valence-electron chi connectivity index (χ1n) is 3.47. The molecule has 0 aliphatic heterocycles. The highest BCUT2D eigenvalue weighted by atomic mass is 32.3. The number of ketones is 1. The molecule has 3 nitrogen and oxygen atoms in total. The summed E-state index contributed by atoms with van der Waals surface area (Å²) in [6.45, 7) is 1.28. The molecule has 0 unspecified atom stereocenters. The molecule has 0 radical (unpaired) electrons. The summed E-state index contributed by atoms with van der Waals surface area (Å²) in [6.07, 6.45) is 0. The Balaban J connectivity index is 3.29. The van der Waals surface area contributed by atoms with E-state index in [1.54, 1.807) is 0 Å². The van der Waals surface area contributed by atoms with Gasteiger partial charge in [-0.15, -0.1) is 3.89 Å². The molecule has 0 bridgehead atoms. The van der Waals surface area contributed by atoms with Crippen molar-refractivity contribution in [3.8, 4) is 0 Å². The highest BCUT2D eigenvalue weighted by molar-refractivity contribution is 7.86. The average Bonchev–Trinajstić information content (AvgIpc) is 2.03. The average molecular weight is 202 g/mol. The number of benzene rings is 1. The topological polar surface area (TPSA) is 51.2 Å². The van der Waals surface area contributed by atoms with E-state index in [-0.39, 0.29) is 11.3 Å². The summed E-state index contributed by atoms with van der Waals surface area (Å²) in [5.41, 5.74) is 0.179. The summed E-state index contributed by atoms with van der Waals surface area (Å²) in [6, 6.07) is 4.86. The quantitative estimate of drug-likeness (QED) is 0.540. The van der Waals surface area contributed by atoms with Crippen molar-refractivity contribution < 1.29 is 17.1 Å². The maximum atomic E-state index is 12.4. The maximum Gasteiger partial charge on any atom is 0.332 e. The number of Topliss-reactive ketones (excluding diaryl/α,β-unsaturated/α-hetero) is 1. The van der Waals surface area contributed by atoms with Gasteiger partial charge in [-0.3, -0.25) is 4.79 Å². The van der Waals surface area contributed by atoms with E-state index in [0.717, 1.165) is 12.1 Å². The van der Waals surface area contributed by atoms with Crippen molar-refractivity contribution in [3.63, 3.8) is 0 Å². The van der Waals surface area contributed by atoms with Gasteiger partial charge >= 0.3 is 10.2 Å². The summed E-state index contributed by atoms with van der Waals surface area (Å²) in [7, 11) is -4.71. The zero-order valence-electron chi connectivity index (χ0n) is 6.82. The van der Waals surface area contributed by atoms with Gasteiger partial charge in [-0.2, -0.15) is 8.42 Å². The second-order valence-corrected chi connectivity index (χ2v) is 3.87. The van der Waals surface area contributed by atoms with E-state index in [0.29, 0.717) is 0 Å². The molecule has 1 aromatic carbocycles. The molecule has 1 aromatic rings. The number of rotatable bonds is 2. The van der Waals surface area contributed by atoms with Crippen LogP contribution in [0.25, 0.3) is 0 Å². The SMILES string of the molecule is CC(=O)c1cccc(S(=O)(=O)F)c1. The molecule has 0 aliphatic rings. The summed E-state index contributed by atoms with van der Waals surface area (Å²) in [5.74, 6) is -0.300. The second-order valence-electron chi connectivity index (χ2n) is 2.52. The molecule has 70 valence electrons. The van der Waals surface area contributed by atoms with Gasteiger partial charge in [0.1, 0.15) is 0 Å². The third-order valence-corrected chi connectivity index (χ3v) is 2.34. The van der Waals surface area contributed by atoms with Gasteiger partial charge in [-0.25, -0.2) is 0 Å². The Labute approximate surface area is 75.4 Å². The van der Waals surface area contributed by atoms with Gasteiger partial charge in [0.15, 0.2) is 5.78 Å². The van der Waals surface area contributed by atoms with Crippen LogP contribution in [0, 0.1) is 0 Å². The Bertz CT molecular complexity index is 436. The number of carbonyl (C=O) groups excluding carboxylic acids is 1. The van der Waals surface area contributed by atoms with Gasteiger partial charge in [-0.1, -0.05) is 12.1 Å². The van der Waals surface area contributed by atoms with Crippen LogP contribution >= 0.6 is 0 Å². The summed E-state index contributed by atoms with van der Waals surface area (Å²) in [4.78, 5) is 10.3. The highest BCUT2D eigenvalue weighted by Crippen LogP contribution is 2.13. The van der Waals surface area contributed by atoms with E-state index < -0.39 is 15.1 Å². The molecule has 1 rings (SSSR count). The lowest BCUT2D eigenvalue weighted by Gasteiger charge is -1.97. The van der Waals surface area contributed by atoms with Crippen LogP contribution in [0.3, 0.4) is 0 Å². The van der Waals surface area contributed by atoms with E-state index in [1.165, 1.54) is 19.1 Å². The molecule has 0 heterocycles. The standard InChI is InChI=1S/C8H7FO3S/c1-6(10)7-3-2-4-8(5-7)13(9,11)12/h2-5H,1H3. The van der Waals surface area contributed by atoms with Gasteiger partial charge < -0.3 is 0 Å². The lowest BCUT2D eigenvalue weighted by atomic mass is 10.2. The Morgan fingerprint density at radius 3 is 2.46 bits per heavy atom. The maximum absolute atomic E-state index is 12.4. The Kier molecular flexibility index (Phi) is 2.47. The van der Waals surface area contributed by atoms with Crippen LogP contribution in [0.2, 0.25) is 0 Å². The van der Waals surface area contributed by atoms with Gasteiger partial charge in [0, 0.05) is 5.56 Å². The number of hydrogen-bond donors (Lipinski definition) is 0. The second kappa shape index (κ2) is 3.26. The van der Waals surface area contributed by atoms with Crippen LogP contribution in [-0.4, -0.2) is 14.2 Å². The Hall–Kier alpha value is -1.23. The van der Waals surface area contributed by atoms with Gasteiger partial charge in [0.25, 0.3) is 0 Å². The van der Waals surface area contributed by atoms with Crippen LogP contribution in [0.4, 0.5) is 3.89 Å². The summed E-state index contributed by atoms with van der Waals surface area (Å²) < 4.78 is 33.3. The molecule has 0 aromatic heterocycles. The zero-order valence-corrected chi connectivity index (χ0v) is 7.64. The molecule has 0 N–H and O–H groups in total. The zero-order chi connectivity index (χ0) is 10.1. The molecule has 0 amide bonds. The van der Waals surface area contributed by atoms with Crippen LogP contribution in [0.5, 0.6) is 0 Å². The molecule has 13 heavy (non-hydrogen) atoms. The Morgan fingerprint density at radius 1 is 1.38 bits per heavy atom. The van der Waals surface area contributed by atoms with Crippen molar-refractivity contribution in [2.45, 2.75) is 11.8 Å². The predicted octanol–water partition coefficient (Wildman–Crippen LogP) is 1.55. The monoisotopic (exact) mass is 202 g/mol. The van der Waals surface area contributed by atoms with Crippen molar-refractivity contribution in [2.24, 2.45) is 0 Å².